The number of nitrogens with one attached hydrogen (secondary N) is 2. The van der Waals surface area contributed by atoms with E-state index in [0.29, 0.717) is 23.2 Å². The first-order valence-corrected chi connectivity index (χ1v) is 9.91. The van der Waals surface area contributed by atoms with E-state index in [2.05, 4.69) is 20.2 Å². The molecule has 11 heteroatoms. The fourth-order valence-corrected chi connectivity index (χ4v) is 3.43. The molecule has 2 rings (SSSR count). The molecule has 0 aliphatic rings. The maximum Gasteiger partial charge on any atom is 0.240 e. The van der Waals surface area contributed by atoms with Crippen molar-refractivity contribution in [3.8, 4) is 11.5 Å². The predicted octanol–water partition coefficient (Wildman–Crippen LogP) is 1.12. The van der Waals surface area contributed by atoms with E-state index in [-0.39, 0.29) is 23.8 Å². The van der Waals surface area contributed by atoms with Crippen LogP contribution in [0.1, 0.15) is 32.0 Å². The fourth-order valence-electron chi connectivity index (χ4n) is 2.39. The molecule has 0 bridgehead atoms. The average molecular weight is 412 g/mol. The van der Waals surface area contributed by atoms with Gasteiger partial charge in [-0.05, 0) is 26.0 Å². The quantitative estimate of drug-likeness (QED) is 0.626. The van der Waals surface area contributed by atoms with Crippen LogP contribution in [0.4, 0.5) is 0 Å². The van der Waals surface area contributed by atoms with Crippen LogP contribution in [-0.2, 0) is 20.4 Å². The highest BCUT2D eigenvalue weighted by Crippen LogP contribution is 2.29. The summed E-state index contributed by atoms with van der Waals surface area (Å²) < 4.78 is 42.4. The molecule has 2 aromatic rings. The van der Waals surface area contributed by atoms with Crippen LogP contribution in [0.15, 0.2) is 27.6 Å². The van der Waals surface area contributed by atoms with Gasteiger partial charge in [-0.25, -0.2) is 13.1 Å². The summed E-state index contributed by atoms with van der Waals surface area (Å²) >= 11 is 0. The molecular weight excluding hydrogens is 388 g/mol. The normalized spacial score (nSPS) is 11.9. The minimum atomic E-state index is -3.81. The Balaban J connectivity index is 1.95. The zero-order chi connectivity index (χ0) is 20.9. The molecule has 0 spiro atoms. The molecule has 1 aromatic heterocycles. The van der Waals surface area contributed by atoms with E-state index in [1.165, 1.54) is 32.4 Å². The number of hydrogen-bond acceptors (Lipinski definition) is 8. The number of sulfonamides is 1. The first-order valence-electron chi connectivity index (χ1n) is 8.42. The Kier molecular flexibility index (Phi) is 6.62. The average Bonchev–Trinajstić information content (AvgIpc) is 3.08. The van der Waals surface area contributed by atoms with Crippen molar-refractivity contribution in [1.82, 2.24) is 20.2 Å². The number of carbonyl (C=O) groups excluding carboxylic acids is 1. The molecule has 0 saturated carbocycles. The summed E-state index contributed by atoms with van der Waals surface area (Å²) in [6.45, 7) is 5.02. The SMILES string of the molecule is COc1ccc(S(=O)(=O)NCCC(=O)NC(C)(C)c2noc(C)n2)cc1OC. The van der Waals surface area contributed by atoms with Gasteiger partial charge in [0, 0.05) is 26.0 Å². The Morgan fingerprint density at radius 1 is 1.21 bits per heavy atom. The first kappa shape index (κ1) is 21.6. The van der Waals surface area contributed by atoms with Crippen molar-refractivity contribution >= 4 is 15.9 Å². The summed E-state index contributed by atoms with van der Waals surface area (Å²) in [4.78, 5) is 16.3. The van der Waals surface area contributed by atoms with Crippen molar-refractivity contribution < 1.29 is 27.2 Å². The standard InChI is InChI=1S/C17H24N4O6S/c1-11-19-16(21-27-11)17(2,3)20-15(22)8-9-18-28(23,24)12-6-7-13(25-4)14(10-12)26-5/h6-7,10,18H,8-9H2,1-5H3,(H,20,22). The maximum atomic E-state index is 12.4. The van der Waals surface area contributed by atoms with Crippen molar-refractivity contribution in [2.45, 2.75) is 37.6 Å². The van der Waals surface area contributed by atoms with Crippen LogP contribution in [0.3, 0.4) is 0 Å². The van der Waals surface area contributed by atoms with Crippen LogP contribution < -0.4 is 19.5 Å². The van der Waals surface area contributed by atoms with Crippen molar-refractivity contribution in [1.29, 1.82) is 0 Å². The van der Waals surface area contributed by atoms with Gasteiger partial charge < -0.3 is 19.3 Å². The fraction of sp³-hybridized carbons (Fsp3) is 0.471. The van der Waals surface area contributed by atoms with Crippen LogP contribution >= 0.6 is 0 Å². The number of ether oxygens (including phenoxy) is 2. The Morgan fingerprint density at radius 3 is 2.46 bits per heavy atom. The van der Waals surface area contributed by atoms with E-state index in [4.69, 9.17) is 14.0 Å². The van der Waals surface area contributed by atoms with Gasteiger partial charge in [-0.3, -0.25) is 4.79 Å². The number of amides is 1. The molecule has 2 N–H and O–H groups in total. The molecule has 0 aliphatic carbocycles. The summed E-state index contributed by atoms with van der Waals surface area (Å²) in [5, 5.41) is 6.55. The molecule has 0 unspecified atom stereocenters. The van der Waals surface area contributed by atoms with Crippen LogP contribution in [0.25, 0.3) is 0 Å². The third-order valence-corrected chi connectivity index (χ3v) is 5.31. The highest BCUT2D eigenvalue weighted by Gasteiger charge is 2.28. The summed E-state index contributed by atoms with van der Waals surface area (Å²) in [6, 6.07) is 4.24. The minimum absolute atomic E-state index is 0.00756. The number of benzene rings is 1. The minimum Gasteiger partial charge on any atom is -0.493 e. The highest BCUT2D eigenvalue weighted by molar-refractivity contribution is 7.89. The second kappa shape index (κ2) is 8.57. The molecule has 0 atom stereocenters. The molecule has 28 heavy (non-hydrogen) atoms. The Labute approximate surface area is 163 Å². The van der Waals surface area contributed by atoms with Gasteiger partial charge in [0.1, 0.15) is 0 Å². The molecule has 0 saturated heterocycles. The summed E-state index contributed by atoms with van der Waals surface area (Å²) in [5.41, 5.74) is -0.850. The Bertz CT molecular complexity index is 939. The van der Waals surface area contributed by atoms with Crippen LogP contribution in [0, 0.1) is 6.92 Å². The number of carbonyl (C=O) groups is 1. The molecular formula is C17H24N4O6S. The molecule has 1 heterocycles. The van der Waals surface area contributed by atoms with Crippen molar-refractivity contribution in [3.63, 3.8) is 0 Å². The third kappa shape index (κ3) is 5.20. The van der Waals surface area contributed by atoms with E-state index >= 15 is 0 Å². The summed E-state index contributed by atoms with van der Waals surface area (Å²) in [7, 11) is -0.937. The smallest absolute Gasteiger partial charge is 0.240 e. The van der Waals surface area contributed by atoms with E-state index in [0.717, 1.165) is 0 Å². The number of hydrogen-bond donors (Lipinski definition) is 2. The number of aryl methyl sites for hydroxylation is 1. The van der Waals surface area contributed by atoms with E-state index < -0.39 is 15.6 Å². The van der Waals surface area contributed by atoms with E-state index in [9.17, 15) is 13.2 Å². The van der Waals surface area contributed by atoms with Crippen LogP contribution in [-0.4, -0.2) is 45.2 Å². The first-order chi connectivity index (χ1) is 13.1. The van der Waals surface area contributed by atoms with Gasteiger partial charge in [0.15, 0.2) is 17.3 Å². The van der Waals surface area contributed by atoms with Crippen LogP contribution in [0.5, 0.6) is 11.5 Å². The molecule has 1 amide bonds. The lowest BCUT2D eigenvalue weighted by Crippen LogP contribution is -2.43. The number of methoxy groups -OCH3 is 2. The molecule has 0 fully saturated rings. The topological polar surface area (TPSA) is 133 Å². The van der Waals surface area contributed by atoms with Crippen molar-refractivity contribution in [2.75, 3.05) is 20.8 Å². The van der Waals surface area contributed by atoms with Gasteiger partial charge in [0.2, 0.25) is 21.8 Å². The largest absolute Gasteiger partial charge is 0.493 e. The molecule has 0 aliphatic heterocycles. The van der Waals surface area contributed by atoms with E-state index in [1.54, 1.807) is 20.8 Å². The molecule has 0 radical (unpaired) electrons. The number of nitrogens with zero attached hydrogens (tertiary/aromatic N) is 2. The lowest BCUT2D eigenvalue weighted by molar-refractivity contribution is -0.122. The summed E-state index contributed by atoms with van der Waals surface area (Å²) in [6.07, 6.45) is -0.0627. The van der Waals surface area contributed by atoms with Crippen LogP contribution in [0.2, 0.25) is 0 Å². The number of rotatable bonds is 9. The lowest BCUT2D eigenvalue weighted by atomic mass is 10.0. The predicted molar refractivity (Wildman–Crippen MR) is 99.6 cm³/mol. The second-order valence-electron chi connectivity index (χ2n) is 6.47. The second-order valence-corrected chi connectivity index (χ2v) is 8.24. The van der Waals surface area contributed by atoms with E-state index in [1.807, 2.05) is 0 Å². The third-order valence-electron chi connectivity index (χ3n) is 3.85. The molecule has 154 valence electrons. The van der Waals surface area contributed by atoms with Gasteiger partial charge in [-0.15, -0.1) is 0 Å². The van der Waals surface area contributed by atoms with Gasteiger partial charge in [-0.2, -0.15) is 4.98 Å². The number of aromatic nitrogens is 2. The van der Waals surface area contributed by atoms with Crippen molar-refractivity contribution in [3.05, 3.63) is 29.9 Å². The Hall–Kier alpha value is -2.66. The summed E-state index contributed by atoms with van der Waals surface area (Å²) in [5.74, 6) is 1.08. The molecule has 1 aromatic carbocycles. The zero-order valence-electron chi connectivity index (χ0n) is 16.4. The van der Waals surface area contributed by atoms with Crippen molar-refractivity contribution in [2.24, 2.45) is 0 Å². The lowest BCUT2D eigenvalue weighted by Gasteiger charge is -2.22. The molecule has 10 nitrogen and oxygen atoms in total. The zero-order valence-corrected chi connectivity index (χ0v) is 17.2. The van der Waals surface area contributed by atoms with Gasteiger partial charge >= 0.3 is 0 Å². The van der Waals surface area contributed by atoms with Gasteiger partial charge in [0.25, 0.3) is 0 Å². The monoisotopic (exact) mass is 412 g/mol. The van der Waals surface area contributed by atoms with Gasteiger partial charge in [0.05, 0.1) is 24.7 Å². The highest BCUT2D eigenvalue weighted by atomic mass is 32.2. The van der Waals surface area contributed by atoms with Gasteiger partial charge in [-0.1, -0.05) is 5.16 Å². The maximum absolute atomic E-state index is 12.4. The Morgan fingerprint density at radius 2 is 1.89 bits per heavy atom.